The van der Waals surface area contributed by atoms with E-state index in [4.69, 9.17) is 23.2 Å². The van der Waals surface area contributed by atoms with Gasteiger partial charge in [-0.15, -0.1) is 0 Å². The molecule has 1 saturated heterocycles. The molecule has 3 atom stereocenters. The van der Waals surface area contributed by atoms with Crippen molar-refractivity contribution in [3.8, 4) is 0 Å². The van der Waals surface area contributed by atoms with Crippen LogP contribution < -0.4 is 4.90 Å². The van der Waals surface area contributed by atoms with Crippen LogP contribution in [0.2, 0.25) is 10.3 Å². The lowest BCUT2D eigenvalue weighted by Crippen LogP contribution is -2.58. The van der Waals surface area contributed by atoms with Crippen LogP contribution in [0.3, 0.4) is 0 Å². The number of nitrogens with one attached hydrogen (secondary N) is 1. The van der Waals surface area contributed by atoms with E-state index in [1.165, 1.54) is 6.07 Å². The van der Waals surface area contributed by atoms with Crippen molar-refractivity contribution >= 4 is 40.2 Å². The summed E-state index contributed by atoms with van der Waals surface area (Å²) in [7, 11) is 0. The fourth-order valence-electron chi connectivity index (χ4n) is 4.67. The number of anilines is 1. The zero-order chi connectivity index (χ0) is 22.4. The summed E-state index contributed by atoms with van der Waals surface area (Å²) >= 11 is 12.3. The first kappa shape index (κ1) is 22.2. The van der Waals surface area contributed by atoms with Gasteiger partial charge in [0.25, 0.3) is 0 Å². The average Bonchev–Trinajstić information content (AvgIpc) is 3.06. The number of hydrogen-bond acceptors (Lipinski definition) is 5. The van der Waals surface area contributed by atoms with Crippen molar-refractivity contribution in [2.45, 2.75) is 52.7 Å². The van der Waals surface area contributed by atoms with Crippen molar-refractivity contribution in [3.63, 3.8) is 0 Å². The van der Waals surface area contributed by atoms with E-state index in [1.54, 1.807) is 6.07 Å². The van der Waals surface area contributed by atoms with E-state index >= 15 is 0 Å². The van der Waals surface area contributed by atoms with Crippen LogP contribution in [0.15, 0.2) is 18.2 Å². The molecule has 0 bridgehead atoms. The second kappa shape index (κ2) is 8.52. The van der Waals surface area contributed by atoms with E-state index in [9.17, 15) is 4.39 Å². The number of aromatic amines is 1. The number of benzene rings is 1. The van der Waals surface area contributed by atoms with Gasteiger partial charge in [-0.05, 0) is 56.0 Å². The van der Waals surface area contributed by atoms with E-state index < -0.39 is 5.82 Å². The molecule has 1 aromatic carbocycles. The Labute approximate surface area is 191 Å². The topological polar surface area (TPSA) is 60.9 Å². The Morgan fingerprint density at radius 1 is 1.10 bits per heavy atom. The zero-order valence-corrected chi connectivity index (χ0v) is 19.8. The highest BCUT2D eigenvalue weighted by Crippen LogP contribution is 2.36. The van der Waals surface area contributed by atoms with Gasteiger partial charge in [-0.25, -0.2) is 9.37 Å². The summed E-state index contributed by atoms with van der Waals surface area (Å²) < 4.78 is 13.8. The second-order valence-electron chi connectivity index (χ2n) is 8.75. The maximum absolute atomic E-state index is 13.8. The minimum absolute atomic E-state index is 0.126. The number of aryl methyl sites for hydroxylation is 1. The van der Waals surface area contributed by atoms with Gasteiger partial charge in [-0.2, -0.15) is 9.97 Å². The fourth-order valence-corrected chi connectivity index (χ4v) is 5.02. The Hall–Kier alpha value is -1.96. The van der Waals surface area contributed by atoms with Crippen molar-refractivity contribution in [2.24, 2.45) is 5.92 Å². The number of nitrogens with zero attached hydrogens (tertiary/aromatic N) is 5. The summed E-state index contributed by atoms with van der Waals surface area (Å²) in [6.45, 7) is 12.2. The van der Waals surface area contributed by atoms with Gasteiger partial charge in [0.1, 0.15) is 17.2 Å². The van der Waals surface area contributed by atoms with Crippen LogP contribution in [0.5, 0.6) is 0 Å². The molecule has 1 aliphatic heterocycles. The van der Waals surface area contributed by atoms with Gasteiger partial charge in [0, 0.05) is 31.2 Å². The van der Waals surface area contributed by atoms with Crippen molar-refractivity contribution in [1.82, 2.24) is 24.8 Å². The Morgan fingerprint density at radius 2 is 1.84 bits per heavy atom. The molecule has 0 aliphatic carbocycles. The van der Waals surface area contributed by atoms with E-state index in [2.05, 4.69) is 57.4 Å². The summed E-state index contributed by atoms with van der Waals surface area (Å²) in [5, 5.41) is 0.354. The van der Waals surface area contributed by atoms with Crippen LogP contribution in [-0.2, 0) is 0 Å². The van der Waals surface area contributed by atoms with Crippen molar-refractivity contribution < 1.29 is 4.39 Å². The predicted molar refractivity (Wildman–Crippen MR) is 123 cm³/mol. The van der Waals surface area contributed by atoms with Gasteiger partial charge in [0.05, 0.1) is 5.02 Å². The SMILES string of the molecule is Cc1nc2nc(Cl)nc(N3C[C@@H](C)N(C(c4ccc(F)c(Cl)c4)C(C)C)C[C@@H]3C)c2[nH]1. The largest absolute Gasteiger partial charge is 0.349 e. The van der Waals surface area contributed by atoms with E-state index in [-0.39, 0.29) is 28.4 Å². The molecule has 1 unspecified atom stereocenters. The molecule has 1 N–H and O–H groups in total. The van der Waals surface area contributed by atoms with Gasteiger partial charge in [-0.1, -0.05) is 31.5 Å². The fraction of sp³-hybridized carbons (Fsp3) is 0.500. The molecule has 3 aromatic rings. The first-order valence-corrected chi connectivity index (χ1v) is 11.3. The quantitative estimate of drug-likeness (QED) is 0.523. The van der Waals surface area contributed by atoms with Crippen LogP contribution in [0.4, 0.5) is 10.2 Å². The average molecular weight is 465 g/mol. The molecule has 1 aliphatic rings. The molecular weight excluding hydrogens is 438 g/mol. The summed E-state index contributed by atoms with van der Waals surface area (Å²) in [5.74, 6) is 1.50. The van der Waals surface area contributed by atoms with E-state index in [0.717, 1.165) is 35.8 Å². The highest BCUT2D eigenvalue weighted by Gasteiger charge is 2.37. The molecule has 1 fully saturated rings. The smallest absolute Gasteiger partial charge is 0.226 e. The van der Waals surface area contributed by atoms with Crippen LogP contribution >= 0.6 is 23.2 Å². The second-order valence-corrected chi connectivity index (χ2v) is 9.49. The number of aromatic nitrogens is 4. The molecule has 4 rings (SSSR count). The molecule has 6 nitrogen and oxygen atoms in total. The molecule has 0 spiro atoms. The number of rotatable bonds is 4. The summed E-state index contributed by atoms with van der Waals surface area (Å²) in [6, 6.07) is 5.58. The van der Waals surface area contributed by atoms with Crippen molar-refractivity contribution in [2.75, 3.05) is 18.0 Å². The summed E-state index contributed by atoms with van der Waals surface area (Å²) in [4.78, 5) is 21.2. The standard InChI is InChI=1S/C22H27Cl2FN6/c1-11(2)19(15-6-7-17(25)16(23)8-15)30-9-13(4)31(10-12(30)3)21-18-20(27-14(5)26-18)28-22(24)29-21/h6-8,11-13,19H,9-10H2,1-5H3,(H,26,27,28,29)/t12-,13+,19?/m1/s1. The molecule has 2 aromatic heterocycles. The first-order chi connectivity index (χ1) is 14.7. The molecule has 3 heterocycles. The van der Waals surface area contributed by atoms with Gasteiger partial charge < -0.3 is 9.88 Å². The van der Waals surface area contributed by atoms with E-state index in [0.29, 0.717) is 11.6 Å². The lowest BCUT2D eigenvalue weighted by atomic mass is 9.91. The molecular formula is C22H27Cl2FN6. The summed E-state index contributed by atoms with van der Waals surface area (Å²) in [5.41, 5.74) is 2.42. The minimum atomic E-state index is -0.390. The minimum Gasteiger partial charge on any atom is -0.349 e. The normalized spacial score (nSPS) is 21.3. The number of H-pyrrole nitrogens is 1. The van der Waals surface area contributed by atoms with Gasteiger partial charge in [0.2, 0.25) is 5.28 Å². The molecule has 9 heteroatoms. The molecule has 0 saturated carbocycles. The highest BCUT2D eigenvalue weighted by atomic mass is 35.5. The van der Waals surface area contributed by atoms with Crippen LogP contribution in [0.25, 0.3) is 11.2 Å². The monoisotopic (exact) mass is 464 g/mol. The Kier molecular flexibility index (Phi) is 6.12. The number of imidazole rings is 1. The predicted octanol–water partition coefficient (Wildman–Crippen LogP) is 5.40. The third-order valence-corrected chi connectivity index (χ3v) is 6.46. The van der Waals surface area contributed by atoms with Crippen LogP contribution in [0, 0.1) is 18.7 Å². The summed E-state index contributed by atoms with van der Waals surface area (Å²) in [6.07, 6.45) is 0. The molecule has 31 heavy (non-hydrogen) atoms. The Bertz CT molecular complexity index is 1100. The number of halogens is 3. The highest BCUT2D eigenvalue weighted by molar-refractivity contribution is 6.30. The number of hydrogen-bond donors (Lipinski definition) is 1. The van der Waals surface area contributed by atoms with Crippen LogP contribution in [0.1, 0.15) is 45.1 Å². The Balaban J connectivity index is 1.66. The lowest BCUT2D eigenvalue weighted by molar-refractivity contribution is 0.0821. The van der Waals surface area contributed by atoms with Gasteiger partial charge in [-0.3, -0.25) is 4.90 Å². The third kappa shape index (κ3) is 4.23. The van der Waals surface area contributed by atoms with E-state index in [1.807, 2.05) is 13.0 Å². The molecule has 0 radical (unpaired) electrons. The number of piperazine rings is 1. The van der Waals surface area contributed by atoms with Gasteiger partial charge >= 0.3 is 0 Å². The maximum atomic E-state index is 13.8. The lowest BCUT2D eigenvalue weighted by Gasteiger charge is -2.49. The molecule has 0 amide bonds. The van der Waals surface area contributed by atoms with Crippen molar-refractivity contribution in [1.29, 1.82) is 0 Å². The Morgan fingerprint density at radius 3 is 2.52 bits per heavy atom. The number of fused-ring (bicyclic) bond motifs is 1. The maximum Gasteiger partial charge on any atom is 0.226 e. The first-order valence-electron chi connectivity index (χ1n) is 10.5. The van der Waals surface area contributed by atoms with Crippen LogP contribution in [-0.4, -0.2) is 50.0 Å². The molecule has 166 valence electrons. The van der Waals surface area contributed by atoms with Crippen molar-refractivity contribution in [3.05, 3.63) is 45.7 Å². The van der Waals surface area contributed by atoms with Gasteiger partial charge in [0.15, 0.2) is 11.5 Å². The zero-order valence-electron chi connectivity index (χ0n) is 18.3. The third-order valence-electron chi connectivity index (χ3n) is 6.00.